The highest BCUT2D eigenvalue weighted by atomic mass is 35.6. The molecule has 0 spiro atoms. The Bertz CT molecular complexity index is 3330. The Morgan fingerprint density at radius 2 is 0.383 bits per heavy atom. The topological polar surface area (TPSA) is 675 Å². The highest BCUT2D eigenvalue weighted by Gasteiger charge is 2.50. The Morgan fingerprint density at radius 1 is 0.250 bits per heavy atom. The van der Waals surface area contributed by atoms with Gasteiger partial charge >= 0.3 is 101 Å². The average molecular weight is 2050 g/mol. The van der Waals surface area contributed by atoms with Crippen LogP contribution >= 0.6 is 114 Å². The fourth-order valence-electron chi connectivity index (χ4n) is 9.72. The number of alkyl halides is 9. The fraction of sp³-hybridized carbons (Fsp3) is 0.714. The lowest BCUT2D eigenvalue weighted by atomic mass is 10.00. The number of hydrogen-bond acceptors (Lipinski definition) is 48. The molecular formula is C70H101Cl9N3O45P. The first-order valence-corrected chi connectivity index (χ1v) is 40.2. The van der Waals surface area contributed by atoms with Crippen LogP contribution in [0.25, 0.3) is 0 Å². The van der Waals surface area contributed by atoms with Crippen molar-refractivity contribution in [2.45, 2.75) is 251 Å². The zero-order chi connectivity index (χ0) is 99.9. The normalized spacial score (nSPS) is 25.4. The Hall–Kier alpha value is -7.40. The molecular weight excluding hydrogens is 1950 g/mol. The third-order valence-electron chi connectivity index (χ3n) is 14.4. The zero-order valence-electron chi connectivity index (χ0n) is 71.2. The van der Waals surface area contributed by atoms with E-state index in [-0.39, 0.29) is 66.1 Å². The minimum Gasteiger partial charge on any atom is -0.463 e. The van der Waals surface area contributed by atoms with Crippen molar-refractivity contribution in [1.29, 1.82) is 16.2 Å². The first-order chi connectivity index (χ1) is 58.7. The quantitative estimate of drug-likeness (QED) is 0.0215. The molecule has 48 nitrogen and oxygen atoms in total. The summed E-state index contributed by atoms with van der Waals surface area (Å²) in [5.74, 6) is -12.2. The molecule has 5 rings (SSSR count). The highest BCUT2D eigenvalue weighted by Crippen LogP contribution is 2.32. The molecule has 0 aromatic rings. The van der Waals surface area contributed by atoms with Crippen LogP contribution in [-0.4, -0.2) is 344 Å². The van der Waals surface area contributed by atoms with Crippen molar-refractivity contribution in [2.24, 2.45) is 0 Å². The summed E-state index contributed by atoms with van der Waals surface area (Å²) < 4.78 is 107. The number of aliphatic hydroxyl groups is 5. The molecule has 11 unspecified atom stereocenters. The molecule has 734 valence electrons. The molecule has 5 heterocycles. The van der Waals surface area contributed by atoms with Crippen molar-refractivity contribution in [2.75, 3.05) is 66.1 Å². The summed E-state index contributed by atoms with van der Waals surface area (Å²) in [5.41, 5.74) is 0. The van der Waals surface area contributed by atoms with Crippen molar-refractivity contribution < 1.29 is 216 Å². The standard InChI is InChI=1S/4C12H18O8.C10H17O7P.3C4H4Cl3NO2/c4*1-6(13)17-5-10-12(20-8(3)15)11(19-7(2)14)9(16)4-18-10;1-5(11)14-4-8-10(17-18)9(16-6(2)12)7(13)3-15-8;3*1-2(9)10-3(8)4(5,6)7/h4*9-12,16H,4-5H2,1-3H3;7-10,13H,3-4,18H2,1-2H3;3*8H,1H3/t4*9?,10?,11-,12-;7?,8?,9-,10+;;;/m11111.../s1. The van der Waals surface area contributed by atoms with Gasteiger partial charge in [0.05, 0.1) is 33.0 Å². The summed E-state index contributed by atoms with van der Waals surface area (Å²) >= 11 is 46.4. The van der Waals surface area contributed by atoms with Gasteiger partial charge in [0.2, 0.25) is 17.7 Å². The largest absolute Gasteiger partial charge is 0.463 e. The first kappa shape index (κ1) is 125. The summed E-state index contributed by atoms with van der Waals surface area (Å²) in [7, 11) is 2.02. The van der Waals surface area contributed by atoms with E-state index in [2.05, 4.69) is 14.2 Å². The van der Waals surface area contributed by atoms with E-state index in [1.165, 1.54) is 96.9 Å². The molecule has 0 radical (unpaired) electrons. The lowest BCUT2D eigenvalue weighted by Gasteiger charge is -2.38. The van der Waals surface area contributed by atoms with E-state index in [0.717, 1.165) is 20.8 Å². The summed E-state index contributed by atoms with van der Waals surface area (Å²) in [6, 6.07) is 0. The molecule has 5 saturated heterocycles. The van der Waals surface area contributed by atoms with Gasteiger partial charge < -0.3 is 134 Å². The minimum atomic E-state index is -1.95. The van der Waals surface area contributed by atoms with E-state index in [1.807, 2.05) is 9.47 Å². The molecule has 0 aliphatic carbocycles. The molecule has 0 aromatic heterocycles. The smallest absolute Gasteiger partial charge is 0.309 e. The van der Waals surface area contributed by atoms with Gasteiger partial charge in [-0.15, -0.1) is 0 Å². The summed E-state index contributed by atoms with van der Waals surface area (Å²) in [6.07, 6.45) is -19.3. The van der Waals surface area contributed by atoms with Gasteiger partial charge in [-0.3, -0.25) is 97.7 Å². The molecule has 5 aliphatic heterocycles. The average Bonchev–Trinajstić information content (AvgIpc) is 0.860. The monoisotopic (exact) mass is 2050 g/mol. The maximum atomic E-state index is 11.1. The van der Waals surface area contributed by atoms with E-state index in [4.69, 9.17) is 215 Å². The number of carbonyl (C=O) groups excluding carboxylic acids is 17. The van der Waals surface area contributed by atoms with Crippen LogP contribution in [0.3, 0.4) is 0 Å². The number of rotatable bonds is 20. The van der Waals surface area contributed by atoms with Crippen LogP contribution in [0, 0.1) is 16.2 Å². The van der Waals surface area contributed by atoms with Crippen molar-refractivity contribution >= 4 is 233 Å². The summed E-state index contributed by atoms with van der Waals surface area (Å²) in [6.45, 7) is 18.9. The maximum absolute atomic E-state index is 11.1. The van der Waals surface area contributed by atoms with Crippen LogP contribution in [0.4, 0.5) is 0 Å². The molecule has 0 amide bonds. The number of esters is 17. The zero-order valence-corrected chi connectivity index (χ0v) is 79.1. The minimum absolute atomic E-state index is 0.0194. The predicted octanol–water partition coefficient (Wildman–Crippen LogP) is 1.80. The third kappa shape index (κ3) is 56.4. The predicted molar refractivity (Wildman–Crippen MR) is 436 cm³/mol. The Kier molecular flexibility index (Phi) is 61.3. The summed E-state index contributed by atoms with van der Waals surface area (Å²) in [5, 5.41) is 69.4. The van der Waals surface area contributed by atoms with Crippen LogP contribution in [0.15, 0.2) is 0 Å². The van der Waals surface area contributed by atoms with Gasteiger partial charge in [0.15, 0.2) is 54.9 Å². The molecule has 0 saturated carbocycles. The molecule has 128 heavy (non-hydrogen) atoms. The van der Waals surface area contributed by atoms with E-state index in [1.54, 1.807) is 0 Å². The van der Waals surface area contributed by atoms with Crippen LogP contribution in [0.1, 0.15) is 118 Å². The van der Waals surface area contributed by atoms with Crippen molar-refractivity contribution in [1.82, 2.24) is 0 Å². The van der Waals surface area contributed by atoms with Crippen LogP contribution in [0.2, 0.25) is 0 Å². The first-order valence-electron chi connectivity index (χ1n) is 36.3. The fourth-order valence-corrected chi connectivity index (χ4v) is 10.4. The second kappa shape index (κ2) is 62.9. The molecule has 0 aromatic carbocycles. The molecule has 5 aliphatic rings. The van der Waals surface area contributed by atoms with Crippen molar-refractivity contribution in [3.63, 3.8) is 0 Å². The van der Waals surface area contributed by atoms with Crippen molar-refractivity contribution in [3.05, 3.63) is 0 Å². The number of halogens is 9. The number of hydrogen-bond donors (Lipinski definition) is 8. The summed E-state index contributed by atoms with van der Waals surface area (Å²) in [4.78, 5) is 184. The van der Waals surface area contributed by atoms with Gasteiger partial charge in [-0.1, -0.05) is 104 Å². The van der Waals surface area contributed by atoms with Gasteiger partial charge in [0, 0.05) is 127 Å². The Labute approximate surface area is 777 Å². The van der Waals surface area contributed by atoms with Gasteiger partial charge in [0.25, 0.3) is 11.4 Å². The van der Waals surface area contributed by atoms with Crippen LogP contribution in [0.5, 0.6) is 0 Å². The van der Waals surface area contributed by atoms with Crippen molar-refractivity contribution in [3.8, 4) is 0 Å². The van der Waals surface area contributed by atoms with E-state index in [0.29, 0.717) is 0 Å². The van der Waals surface area contributed by atoms with E-state index < -0.39 is 253 Å². The Balaban J connectivity index is -0.00000142. The molecule has 0 bridgehead atoms. The van der Waals surface area contributed by atoms with E-state index >= 15 is 0 Å². The molecule has 8 N–H and O–H groups in total. The number of carbonyl (C=O) groups is 17. The Morgan fingerprint density at radius 3 is 0.492 bits per heavy atom. The number of nitrogens with one attached hydrogen (secondary N) is 3. The lowest BCUT2D eigenvalue weighted by molar-refractivity contribution is -0.225. The second-order valence-electron chi connectivity index (χ2n) is 25.7. The number of aliphatic hydroxyl groups excluding tert-OH is 5. The lowest BCUT2D eigenvalue weighted by Crippen LogP contribution is -2.57. The van der Waals surface area contributed by atoms with Gasteiger partial charge in [-0.2, -0.15) is 0 Å². The van der Waals surface area contributed by atoms with Gasteiger partial charge in [-0.25, -0.2) is 0 Å². The van der Waals surface area contributed by atoms with Crippen LogP contribution in [-0.2, 0) is 190 Å². The van der Waals surface area contributed by atoms with E-state index in [9.17, 15) is 107 Å². The maximum Gasteiger partial charge on any atom is 0.309 e. The molecule has 5 fully saturated rings. The van der Waals surface area contributed by atoms with Crippen LogP contribution < -0.4 is 0 Å². The second-order valence-corrected chi connectivity index (χ2v) is 32.9. The highest BCUT2D eigenvalue weighted by molar-refractivity contribution is 7.09. The molecule has 58 heteroatoms. The number of ether oxygens (including phenoxy) is 22. The third-order valence-corrected chi connectivity index (χ3v) is 16.3. The molecule has 21 atom stereocenters. The van der Waals surface area contributed by atoms with Gasteiger partial charge in [0.1, 0.15) is 100 Å². The SMILES string of the molecule is CC(=O)OC(=N)C(Cl)(Cl)Cl.CC(=O)OC(=N)C(Cl)(Cl)Cl.CC(=O)OC(=N)C(Cl)(Cl)Cl.CC(=O)OCC1OCC(O)[C@@H](OC(C)=O)[C@@H]1OC(C)=O.CC(=O)OCC1OCC(O)[C@@H](OC(C)=O)[C@@H]1OC(C)=O.CC(=O)OCC1OCC(O)[C@@H](OC(C)=O)[C@@H]1OC(C)=O.CC(=O)OCC1OCC(O)[C@@H](OC(C)=O)[C@@H]1OC(C)=O.CC(=O)OCC1OCC(O)[C@@H](OC(C)=O)[C@H]1OP. The van der Waals surface area contributed by atoms with Gasteiger partial charge in [-0.05, 0) is 0 Å².